The average Bonchev–Trinajstić information content (AvgIpc) is 2.24. The van der Waals surface area contributed by atoms with Crippen molar-refractivity contribution in [2.75, 3.05) is 0 Å². The molecule has 1 heteroatoms. The maximum absolute atomic E-state index is 10.5. The van der Waals surface area contributed by atoms with Crippen LogP contribution in [0.1, 0.15) is 78.1 Å². The predicted molar refractivity (Wildman–Crippen MR) is 67.1 cm³/mol. The van der Waals surface area contributed by atoms with Crippen LogP contribution in [0.2, 0.25) is 0 Å². The molecule has 90 valence electrons. The van der Waals surface area contributed by atoms with E-state index >= 15 is 0 Å². The van der Waals surface area contributed by atoms with Crippen molar-refractivity contribution >= 4 is 6.29 Å². The molecule has 15 heavy (non-hydrogen) atoms. The summed E-state index contributed by atoms with van der Waals surface area (Å²) in [7, 11) is 0. The van der Waals surface area contributed by atoms with Gasteiger partial charge in [-0.2, -0.15) is 0 Å². The Morgan fingerprint density at radius 1 is 0.867 bits per heavy atom. The van der Waals surface area contributed by atoms with Crippen LogP contribution in [0.25, 0.3) is 0 Å². The maximum Gasteiger partial charge on any atom is 0.120 e. The van der Waals surface area contributed by atoms with Crippen molar-refractivity contribution in [2.45, 2.75) is 78.1 Å². The number of carbonyl (C=O) groups excluding carboxylic acids is 1. The molecule has 0 aromatic rings. The van der Waals surface area contributed by atoms with E-state index in [1.165, 1.54) is 57.8 Å². The average molecular weight is 212 g/mol. The van der Waals surface area contributed by atoms with Crippen LogP contribution >= 0.6 is 0 Å². The van der Waals surface area contributed by atoms with Gasteiger partial charge in [-0.25, -0.2) is 0 Å². The molecular weight excluding hydrogens is 184 g/mol. The van der Waals surface area contributed by atoms with Crippen LogP contribution in [0.5, 0.6) is 0 Å². The molecule has 0 fully saturated rings. The van der Waals surface area contributed by atoms with Crippen molar-refractivity contribution < 1.29 is 4.79 Å². The molecule has 0 heterocycles. The molecule has 0 bridgehead atoms. The van der Waals surface area contributed by atoms with E-state index < -0.39 is 0 Å². The molecule has 0 amide bonds. The van der Waals surface area contributed by atoms with Gasteiger partial charge in [0.05, 0.1) is 0 Å². The highest BCUT2D eigenvalue weighted by atomic mass is 16.1. The first kappa shape index (κ1) is 14.7. The first-order valence-corrected chi connectivity index (χ1v) is 6.78. The Labute approximate surface area is 95.6 Å². The van der Waals surface area contributed by atoms with E-state index in [0.29, 0.717) is 5.92 Å². The minimum Gasteiger partial charge on any atom is -0.303 e. The van der Waals surface area contributed by atoms with Crippen molar-refractivity contribution in [1.82, 2.24) is 0 Å². The van der Waals surface area contributed by atoms with E-state index in [-0.39, 0.29) is 0 Å². The van der Waals surface area contributed by atoms with E-state index in [1.807, 2.05) is 0 Å². The lowest BCUT2D eigenvalue weighted by atomic mass is 9.92. The highest BCUT2D eigenvalue weighted by molar-refractivity contribution is 5.49. The first-order chi connectivity index (χ1) is 7.35. The van der Waals surface area contributed by atoms with E-state index in [1.54, 1.807) is 0 Å². The lowest BCUT2D eigenvalue weighted by Crippen LogP contribution is -2.01. The van der Waals surface area contributed by atoms with Gasteiger partial charge in [0.15, 0.2) is 0 Å². The summed E-state index contributed by atoms with van der Waals surface area (Å²) >= 11 is 0. The summed E-state index contributed by atoms with van der Waals surface area (Å²) in [6.45, 7) is 4.47. The molecule has 0 saturated carbocycles. The molecule has 0 radical (unpaired) electrons. The fraction of sp³-hybridized carbons (Fsp3) is 0.929. The number of aldehydes is 1. The van der Waals surface area contributed by atoms with E-state index in [0.717, 1.165) is 12.7 Å². The fourth-order valence-corrected chi connectivity index (χ4v) is 2.06. The lowest BCUT2D eigenvalue weighted by molar-refractivity contribution is -0.108. The molecule has 0 saturated heterocycles. The topological polar surface area (TPSA) is 17.1 Å². The predicted octanol–water partition coefficient (Wildman–Crippen LogP) is 4.74. The molecule has 0 aromatic heterocycles. The van der Waals surface area contributed by atoms with Crippen LogP contribution in [0, 0.1) is 5.92 Å². The fourth-order valence-electron chi connectivity index (χ4n) is 2.06. The zero-order valence-electron chi connectivity index (χ0n) is 10.6. The lowest BCUT2D eigenvalue weighted by Gasteiger charge is -2.13. The molecule has 1 atom stereocenters. The quantitative estimate of drug-likeness (QED) is 0.357. The van der Waals surface area contributed by atoms with Crippen molar-refractivity contribution in [3.05, 3.63) is 0 Å². The summed E-state index contributed by atoms with van der Waals surface area (Å²) < 4.78 is 0. The van der Waals surface area contributed by atoms with Crippen LogP contribution in [-0.4, -0.2) is 6.29 Å². The van der Waals surface area contributed by atoms with Crippen molar-refractivity contribution in [2.24, 2.45) is 5.92 Å². The Morgan fingerprint density at radius 3 is 1.93 bits per heavy atom. The van der Waals surface area contributed by atoms with Gasteiger partial charge in [-0.1, -0.05) is 71.6 Å². The second-order valence-corrected chi connectivity index (χ2v) is 4.61. The molecule has 0 N–H and O–H groups in total. The summed E-state index contributed by atoms with van der Waals surface area (Å²) in [5, 5.41) is 0. The molecule has 0 aromatic carbocycles. The molecule has 0 aliphatic rings. The van der Waals surface area contributed by atoms with Gasteiger partial charge in [-0.3, -0.25) is 0 Å². The summed E-state index contributed by atoms with van der Waals surface area (Å²) in [5.41, 5.74) is 0. The second-order valence-electron chi connectivity index (χ2n) is 4.61. The van der Waals surface area contributed by atoms with Crippen LogP contribution in [0.15, 0.2) is 0 Å². The molecule has 0 aliphatic carbocycles. The molecule has 0 aliphatic heterocycles. The van der Waals surface area contributed by atoms with E-state index in [9.17, 15) is 4.79 Å². The van der Waals surface area contributed by atoms with Crippen LogP contribution < -0.4 is 0 Å². The SMILES string of the molecule is CCCCCCC(CC=O)CCCCC. The summed E-state index contributed by atoms with van der Waals surface area (Å²) in [5.74, 6) is 0.672. The minimum atomic E-state index is 0.672. The largest absolute Gasteiger partial charge is 0.303 e. The molecule has 0 spiro atoms. The van der Waals surface area contributed by atoms with Crippen LogP contribution in [0.3, 0.4) is 0 Å². The van der Waals surface area contributed by atoms with Gasteiger partial charge in [0.1, 0.15) is 6.29 Å². The normalized spacial score (nSPS) is 12.7. The van der Waals surface area contributed by atoms with E-state index in [4.69, 9.17) is 0 Å². The minimum absolute atomic E-state index is 0.672. The monoisotopic (exact) mass is 212 g/mol. The molecular formula is C14H28O. The Morgan fingerprint density at radius 2 is 1.40 bits per heavy atom. The number of unbranched alkanes of at least 4 members (excludes halogenated alkanes) is 5. The summed E-state index contributed by atoms with van der Waals surface area (Å²) in [4.78, 5) is 10.5. The third-order valence-corrected chi connectivity index (χ3v) is 3.11. The van der Waals surface area contributed by atoms with Gasteiger partial charge in [0.25, 0.3) is 0 Å². The van der Waals surface area contributed by atoms with Gasteiger partial charge in [0.2, 0.25) is 0 Å². The Balaban J connectivity index is 3.48. The number of rotatable bonds is 11. The number of hydrogen-bond donors (Lipinski definition) is 0. The second kappa shape index (κ2) is 11.7. The van der Waals surface area contributed by atoms with Crippen molar-refractivity contribution in [3.8, 4) is 0 Å². The van der Waals surface area contributed by atoms with Crippen LogP contribution in [0.4, 0.5) is 0 Å². The van der Waals surface area contributed by atoms with Gasteiger partial charge >= 0.3 is 0 Å². The maximum atomic E-state index is 10.5. The van der Waals surface area contributed by atoms with Gasteiger partial charge in [-0.05, 0) is 5.92 Å². The number of hydrogen-bond acceptors (Lipinski definition) is 1. The Kier molecular flexibility index (Phi) is 11.5. The summed E-state index contributed by atoms with van der Waals surface area (Å²) in [6.07, 6.45) is 13.7. The van der Waals surface area contributed by atoms with Gasteiger partial charge in [0, 0.05) is 6.42 Å². The standard InChI is InChI=1S/C14H28O/c1-3-5-7-9-11-14(12-13-15)10-8-6-4-2/h13-14H,3-12H2,1-2H3. The Bertz CT molecular complexity index is 131. The highest BCUT2D eigenvalue weighted by Gasteiger charge is 2.07. The third kappa shape index (κ3) is 9.96. The van der Waals surface area contributed by atoms with Crippen LogP contribution in [-0.2, 0) is 4.79 Å². The molecule has 1 nitrogen and oxygen atoms in total. The van der Waals surface area contributed by atoms with E-state index in [2.05, 4.69) is 13.8 Å². The molecule has 1 unspecified atom stereocenters. The first-order valence-electron chi connectivity index (χ1n) is 6.78. The van der Waals surface area contributed by atoms with Crippen molar-refractivity contribution in [1.29, 1.82) is 0 Å². The third-order valence-electron chi connectivity index (χ3n) is 3.11. The molecule has 0 rings (SSSR count). The van der Waals surface area contributed by atoms with Gasteiger partial charge < -0.3 is 4.79 Å². The zero-order chi connectivity index (χ0) is 11.4. The highest BCUT2D eigenvalue weighted by Crippen LogP contribution is 2.20. The summed E-state index contributed by atoms with van der Waals surface area (Å²) in [6, 6.07) is 0. The Hall–Kier alpha value is -0.330. The smallest absolute Gasteiger partial charge is 0.120 e. The van der Waals surface area contributed by atoms with Gasteiger partial charge in [-0.15, -0.1) is 0 Å². The number of carbonyl (C=O) groups is 1. The zero-order valence-corrected chi connectivity index (χ0v) is 10.6. The van der Waals surface area contributed by atoms with Crippen molar-refractivity contribution in [3.63, 3.8) is 0 Å².